The van der Waals surface area contributed by atoms with E-state index in [9.17, 15) is 8.78 Å². The Kier molecular flexibility index (Phi) is 2.40. The van der Waals surface area contributed by atoms with Crippen molar-refractivity contribution in [2.75, 3.05) is 5.73 Å². The number of hydrogen-bond acceptors (Lipinski definition) is 3. The monoisotopic (exact) mass is 278 g/mol. The van der Waals surface area contributed by atoms with E-state index in [1.807, 2.05) is 0 Å². The topological polar surface area (TPSA) is 38.9 Å². The third-order valence-electron chi connectivity index (χ3n) is 1.69. The summed E-state index contributed by atoms with van der Waals surface area (Å²) in [6.45, 7) is 0. The maximum atomic E-state index is 12.3. The van der Waals surface area contributed by atoms with Gasteiger partial charge in [0.05, 0.1) is 10.4 Å². The number of alkyl halides is 2. The first-order valence-corrected chi connectivity index (χ1v) is 5.32. The molecule has 0 saturated heterocycles. The number of nitrogens with zero attached hydrogens (tertiary/aromatic N) is 1. The van der Waals surface area contributed by atoms with Crippen LogP contribution < -0.4 is 5.73 Å². The van der Waals surface area contributed by atoms with Crippen LogP contribution in [0.3, 0.4) is 0 Å². The second kappa shape index (κ2) is 3.43. The molecule has 0 bridgehead atoms. The minimum atomic E-state index is -2.54. The summed E-state index contributed by atoms with van der Waals surface area (Å²) in [5.74, 6) is 0. The highest BCUT2D eigenvalue weighted by Gasteiger charge is 2.14. The third kappa shape index (κ3) is 1.59. The van der Waals surface area contributed by atoms with Gasteiger partial charge in [0.25, 0.3) is 6.43 Å². The molecule has 0 atom stereocenters. The molecule has 2 rings (SSSR count). The van der Waals surface area contributed by atoms with Gasteiger partial charge in [-0.25, -0.2) is 13.8 Å². The molecule has 0 aliphatic rings. The summed E-state index contributed by atoms with van der Waals surface area (Å²) in [5.41, 5.74) is 6.51. The molecule has 0 unspecified atom stereocenters. The molecular formula is C8H5BrF2N2S. The van der Waals surface area contributed by atoms with E-state index in [0.29, 0.717) is 15.9 Å². The normalized spacial score (nSPS) is 11.4. The van der Waals surface area contributed by atoms with Crippen molar-refractivity contribution < 1.29 is 8.78 Å². The van der Waals surface area contributed by atoms with Gasteiger partial charge in [0.15, 0.2) is 5.01 Å². The zero-order valence-electron chi connectivity index (χ0n) is 6.80. The number of fused-ring (bicyclic) bond motifs is 1. The van der Waals surface area contributed by atoms with Gasteiger partial charge in [-0.15, -0.1) is 11.3 Å². The number of aromatic nitrogens is 1. The second-order valence-corrected chi connectivity index (χ2v) is 4.67. The maximum absolute atomic E-state index is 12.3. The molecule has 1 aromatic carbocycles. The van der Waals surface area contributed by atoms with E-state index in [0.717, 1.165) is 15.8 Å². The zero-order chi connectivity index (χ0) is 10.3. The fourth-order valence-electron chi connectivity index (χ4n) is 1.13. The number of rotatable bonds is 1. The Bertz CT molecular complexity index is 483. The minimum absolute atomic E-state index is 0.190. The standard InChI is InChI=1S/C8H5BrF2N2S/c9-3-1-4(12)6-5(2-3)14-8(13-6)7(10)11/h1-2,7H,12H2. The van der Waals surface area contributed by atoms with Gasteiger partial charge in [-0.1, -0.05) is 15.9 Å². The summed E-state index contributed by atoms with van der Waals surface area (Å²) in [4.78, 5) is 3.78. The van der Waals surface area contributed by atoms with Crippen molar-refractivity contribution in [1.29, 1.82) is 0 Å². The van der Waals surface area contributed by atoms with Crippen LogP contribution in [0.25, 0.3) is 10.2 Å². The van der Waals surface area contributed by atoms with Gasteiger partial charge in [-0.05, 0) is 12.1 Å². The molecule has 6 heteroatoms. The zero-order valence-corrected chi connectivity index (χ0v) is 9.20. The summed E-state index contributed by atoms with van der Waals surface area (Å²) in [6.07, 6.45) is -2.54. The SMILES string of the molecule is Nc1cc(Br)cc2sc(C(F)F)nc12. The van der Waals surface area contributed by atoms with Crippen molar-refractivity contribution in [2.24, 2.45) is 0 Å². The van der Waals surface area contributed by atoms with Crippen molar-refractivity contribution in [3.63, 3.8) is 0 Å². The third-order valence-corrected chi connectivity index (χ3v) is 3.16. The Morgan fingerprint density at radius 3 is 2.79 bits per heavy atom. The molecule has 0 fully saturated rings. The Labute approximate surface area is 90.9 Å². The highest BCUT2D eigenvalue weighted by atomic mass is 79.9. The van der Waals surface area contributed by atoms with Gasteiger partial charge in [0, 0.05) is 4.47 Å². The summed E-state index contributed by atoms with van der Waals surface area (Å²) < 4.78 is 26.1. The summed E-state index contributed by atoms with van der Waals surface area (Å²) >= 11 is 4.20. The fraction of sp³-hybridized carbons (Fsp3) is 0.125. The van der Waals surface area contributed by atoms with Gasteiger partial charge in [-0.2, -0.15) is 0 Å². The first-order valence-electron chi connectivity index (χ1n) is 3.71. The molecule has 2 aromatic rings. The summed E-state index contributed by atoms with van der Waals surface area (Å²) in [6, 6.07) is 3.38. The number of hydrogen-bond donors (Lipinski definition) is 1. The van der Waals surface area contributed by atoms with Crippen LogP contribution in [0.5, 0.6) is 0 Å². The van der Waals surface area contributed by atoms with Crippen molar-refractivity contribution in [3.8, 4) is 0 Å². The first kappa shape index (κ1) is 9.79. The van der Waals surface area contributed by atoms with Crippen LogP contribution in [0.1, 0.15) is 11.4 Å². The quantitative estimate of drug-likeness (QED) is 0.810. The number of anilines is 1. The number of halogens is 3. The molecule has 1 aromatic heterocycles. The number of thiazole rings is 1. The molecule has 0 radical (unpaired) electrons. The smallest absolute Gasteiger partial charge is 0.289 e. The molecule has 14 heavy (non-hydrogen) atoms. The largest absolute Gasteiger partial charge is 0.397 e. The molecule has 74 valence electrons. The number of benzene rings is 1. The Morgan fingerprint density at radius 1 is 1.43 bits per heavy atom. The van der Waals surface area contributed by atoms with E-state index >= 15 is 0 Å². The van der Waals surface area contributed by atoms with E-state index < -0.39 is 6.43 Å². The predicted molar refractivity (Wildman–Crippen MR) is 56.7 cm³/mol. The van der Waals surface area contributed by atoms with Gasteiger partial charge < -0.3 is 5.73 Å². The molecule has 0 aliphatic carbocycles. The Morgan fingerprint density at radius 2 is 2.14 bits per heavy atom. The molecule has 1 heterocycles. The van der Waals surface area contributed by atoms with Gasteiger partial charge in [-0.3, -0.25) is 0 Å². The molecule has 0 amide bonds. The van der Waals surface area contributed by atoms with Gasteiger partial charge in [0.1, 0.15) is 5.52 Å². The average Bonchev–Trinajstić information content (AvgIpc) is 2.47. The Balaban J connectivity index is 2.70. The summed E-state index contributed by atoms with van der Waals surface area (Å²) in [5, 5.41) is -0.190. The van der Waals surface area contributed by atoms with Crippen LogP contribution in [0, 0.1) is 0 Å². The van der Waals surface area contributed by atoms with Gasteiger partial charge in [0.2, 0.25) is 0 Å². The molecule has 0 spiro atoms. The molecular weight excluding hydrogens is 274 g/mol. The Hall–Kier alpha value is -0.750. The molecule has 0 saturated carbocycles. The molecule has 0 aliphatic heterocycles. The molecule has 2 nitrogen and oxygen atoms in total. The molecule has 2 N–H and O–H groups in total. The van der Waals surface area contributed by atoms with Crippen molar-refractivity contribution in [2.45, 2.75) is 6.43 Å². The highest BCUT2D eigenvalue weighted by molar-refractivity contribution is 9.10. The summed E-state index contributed by atoms with van der Waals surface area (Å²) in [7, 11) is 0. The van der Waals surface area contributed by atoms with E-state index in [1.165, 1.54) is 0 Å². The lowest BCUT2D eigenvalue weighted by molar-refractivity contribution is 0.151. The lowest BCUT2D eigenvalue weighted by Crippen LogP contribution is -1.87. The number of nitrogens with two attached hydrogens (primary N) is 1. The van der Waals surface area contributed by atoms with Crippen molar-refractivity contribution in [3.05, 3.63) is 21.6 Å². The van der Waals surface area contributed by atoms with Crippen molar-refractivity contribution >= 4 is 43.2 Å². The van der Waals surface area contributed by atoms with E-state index in [1.54, 1.807) is 12.1 Å². The van der Waals surface area contributed by atoms with E-state index in [4.69, 9.17) is 5.73 Å². The average molecular weight is 279 g/mol. The predicted octanol–water partition coefficient (Wildman–Crippen LogP) is 3.58. The van der Waals surface area contributed by atoms with E-state index in [-0.39, 0.29) is 5.01 Å². The van der Waals surface area contributed by atoms with Crippen LogP contribution in [-0.2, 0) is 0 Å². The maximum Gasteiger partial charge on any atom is 0.289 e. The van der Waals surface area contributed by atoms with Crippen LogP contribution >= 0.6 is 27.3 Å². The van der Waals surface area contributed by atoms with Crippen LogP contribution in [0.15, 0.2) is 16.6 Å². The first-order chi connectivity index (χ1) is 6.58. The number of nitrogen functional groups attached to an aromatic ring is 1. The second-order valence-electron chi connectivity index (χ2n) is 2.69. The van der Waals surface area contributed by atoms with Crippen molar-refractivity contribution in [1.82, 2.24) is 4.98 Å². The highest BCUT2D eigenvalue weighted by Crippen LogP contribution is 2.34. The fourth-order valence-corrected chi connectivity index (χ4v) is 2.66. The van der Waals surface area contributed by atoms with E-state index in [2.05, 4.69) is 20.9 Å². The minimum Gasteiger partial charge on any atom is -0.397 e. The lowest BCUT2D eigenvalue weighted by Gasteiger charge is -1.94. The van der Waals surface area contributed by atoms with Crippen LogP contribution in [0.4, 0.5) is 14.5 Å². The van der Waals surface area contributed by atoms with Crippen LogP contribution in [-0.4, -0.2) is 4.98 Å². The lowest BCUT2D eigenvalue weighted by atomic mass is 10.3. The van der Waals surface area contributed by atoms with Gasteiger partial charge >= 0.3 is 0 Å². The van der Waals surface area contributed by atoms with Crippen LogP contribution in [0.2, 0.25) is 0 Å².